The summed E-state index contributed by atoms with van der Waals surface area (Å²) in [6.07, 6.45) is 5.25. The molecule has 0 aliphatic carbocycles. The van der Waals surface area contributed by atoms with E-state index in [1.807, 2.05) is 35.0 Å². The van der Waals surface area contributed by atoms with E-state index >= 15 is 0 Å². The summed E-state index contributed by atoms with van der Waals surface area (Å²) in [4.78, 5) is 29.6. The van der Waals surface area contributed by atoms with Crippen molar-refractivity contribution in [1.82, 2.24) is 29.9 Å². The van der Waals surface area contributed by atoms with Crippen LogP contribution in [0.2, 0.25) is 0 Å². The van der Waals surface area contributed by atoms with Gasteiger partial charge < -0.3 is 9.72 Å². The van der Waals surface area contributed by atoms with E-state index in [0.29, 0.717) is 25.2 Å². The summed E-state index contributed by atoms with van der Waals surface area (Å²) in [5.74, 6) is 0.410. The number of nitrogens with one attached hydrogen (secondary N) is 3. The van der Waals surface area contributed by atoms with Gasteiger partial charge in [0.15, 0.2) is 0 Å². The van der Waals surface area contributed by atoms with Crippen molar-refractivity contribution in [3.8, 4) is 0 Å². The highest BCUT2D eigenvalue weighted by Crippen LogP contribution is 2.04. The normalized spacial score (nSPS) is 10.9. The van der Waals surface area contributed by atoms with Crippen LogP contribution in [0.4, 0.5) is 0 Å². The highest BCUT2D eigenvalue weighted by Gasteiger charge is 2.06. The Morgan fingerprint density at radius 3 is 3.00 bits per heavy atom. The first kappa shape index (κ1) is 14.1. The standard InChI is InChI=1S/C14H16N6O2/c21-13(5-4-11-17-14(22)19-18-11)15-7-6-10-9-20-8-2-1-3-12(20)16-10/h1-3,8-9H,4-7H2,(H,15,21)(H2,17,18,19,22). The average Bonchev–Trinajstić information content (AvgIpc) is 3.10. The molecule has 0 fully saturated rings. The lowest BCUT2D eigenvalue weighted by molar-refractivity contribution is -0.121. The number of nitrogens with zero attached hydrogens (tertiary/aromatic N) is 3. The topological polar surface area (TPSA) is 108 Å². The Balaban J connectivity index is 1.44. The number of amides is 1. The minimum absolute atomic E-state index is 0.0763. The largest absolute Gasteiger partial charge is 0.356 e. The van der Waals surface area contributed by atoms with E-state index in [-0.39, 0.29) is 18.0 Å². The van der Waals surface area contributed by atoms with Gasteiger partial charge in [-0.05, 0) is 12.1 Å². The smallest absolute Gasteiger partial charge is 0.340 e. The van der Waals surface area contributed by atoms with Gasteiger partial charge in [-0.2, -0.15) is 5.10 Å². The van der Waals surface area contributed by atoms with E-state index in [0.717, 1.165) is 11.3 Å². The van der Waals surface area contributed by atoms with Gasteiger partial charge in [0.2, 0.25) is 5.91 Å². The van der Waals surface area contributed by atoms with Crippen LogP contribution in [0.15, 0.2) is 35.4 Å². The van der Waals surface area contributed by atoms with E-state index in [2.05, 4.69) is 25.5 Å². The fraction of sp³-hybridized carbons (Fsp3) is 0.286. The molecule has 0 bridgehead atoms. The number of hydrogen-bond acceptors (Lipinski definition) is 4. The van der Waals surface area contributed by atoms with Gasteiger partial charge in [-0.15, -0.1) is 0 Å². The van der Waals surface area contributed by atoms with Crippen molar-refractivity contribution in [3.05, 3.63) is 52.6 Å². The lowest BCUT2D eigenvalue weighted by Gasteiger charge is -2.02. The first-order valence-corrected chi connectivity index (χ1v) is 7.03. The number of rotatable bonds is 6. The second-order valence-electron chi connectivity index (χ2n) is 4.92. The van der Waals surface area contributed by atoms with Crippen LogP contribution < -0.4 is 11.0 Å². The van der Waals surface area contributed by atoms with E-state index in [4.69, 9.17) is 0 Å². The lowest BCUT2D eigenvalue weighted by Crippen LogP contribution is -2.26. The fourth-order valence-corrected chi connectivity index (χ4v) is 2.18. The van der Waals surface area contributed by atoms with Crippen LogP contribution in [-0.2, 0) is 17.6 Å². The van der Waals surface area contributed by atoms with Crippen LogP contribution in [0.25, 0.3) is 5.65 Å². The number of aromatic amines is 2. The number of carbonyl (C=O) groups is 1. The summed E-state index contributed by atoms with van der Waals surface area (Å²) < 4.78 is 1.95. The van der Waals surface area contributed by atoms with Crippen molar-refractivity contribution in [2.24, 2.45) is 0 Å². The van der Waals surface area contributed by atoms with Crippen LogP contribution in [-0.4, -0.2) is 37.0 Å². The number of carbonyl (C=O) groups excluding carboxylic acids is 1. The summed E-state index contributed by atoms with van der Waals surface area (Å²) in [6.45, 7) is 0.528. The number of pyridine rings is 1. The van der Waals surface area contributed by atoms with Gasteiger partial charge >= 0.3 is 5.69 Å². The first-order valence-electron chi connectivity index (χ1n) is 7.03. The third-order valence-corrected chi connectivity index (χ3v) is 3.26. The van der Waals surface area contributed by atoms with Crippen molar-refractivity contribution in [3.63, 3.8) is 0 Å². The second kappa shape index (κ2) is 6.25. The molecule has 3 heterocycles. The zero-order valence-electron chi connectivity index (χ0n) is 11.9. The number of aromatic nitrogens is 5. The number of imidazole rings is 1. The van der Waals surface area contributed by atoms with Crippen molar-refractivity contribution < 1.29 is 4.79 Å². The molecule has 1 amide bonds. The molecule has 0 aliphatic heterocycles. The van der Waals surface area contributed by atoms with Gasteiger partial charge in [-0.1, -0.05) is 6.07 Å². The molecule has 3 rings (SSSR count). The molecular weight excluding hydrogens is 284 g/mol. The molecule has 3 aromatic rings. The summed E-state index contributed by atoms with van der Waals surface area (Å²) in [5, 5.41) is 8.85. The van der Waals surface area contributed by atoms with Crippen LogP contribution in [0.3, 0.4) is 0 Å². The lowest BCUT2D eigenvalue weighted by atomic mass is 10.2. The molecule has 0 unspecified atom stereocenters. The van der Waals surface area contributed by atoms with Crippen molar-refractivity contribution in [1.29, 1.82) is 0 Å². The molecule has 114 valence electrons. The maximum Gasteiger partial charge on any atom is 0.340 e. The quantitative estimate of drug-likeness (QED) is 0.597. The average molecular weight is 300 g/mol. The first-order chi connectivity index (χ1) is 10.7. The predicted molar refractivity (Wildman–Crippen MR) is 79.4 cm³/mol. The molecule has 3 N–H and O–H groups in total. The Hall–Kier alpha value is -2.90. The summed E-state index contributed by atoms with van der Waals surface area (Å²) in [5.41, 5.74) is 1.47. The Bertz CT molecular complexity index is 798. The molecule has 0 radical (unpaired) electrons. The predicted octanol–water partition coefficient (Wildman–Crippen LogP) is 0.0372. The van der Waals surface area contributed by atoms with Crippen LogP contribution in [0, 0.1) is 0 Å². The van der Waals surface area contributed by atoms with E-state index < -0.39 is 0 Å². The highest BCUT2D eigenvalue weighted by atomic mass is 16.2. The molecular formula is C14H16N6O2. The molecule has 8 nitrogen and oxygen atoms in total. The van der Waals surface area contributed by atoms with Gasteiger partial charge in [0.1, 0.15) is 11.5 Å². The van der Waals surface area contributed by atoms with Crippen molar-refractivity contribution in [2.45, 2.75) is 19.3 Å². The molecule has 8 heteroatoms. The number of H-pyrrole nitrogens is 2. The zero-order valence-corrected chi connectivity index (χ0v) is 11.9. The van der Waals surface area contributed by atoms with Crippen LogP contribution in [0.1, 0.15) is 17.9 Å². The molecule has 0 spiro atoms. The van der Waals surface area contributed by atoms with Crippen LogP contribution >= 0.6 is 0 Å². The van der Waals surface area contributed by atoms with Gasteiger partial charge in [0.05, 0.1) is 5.69 Å². The second-order valence-corrected chi connectivity index (χ2v) is 4.92. The van der Waals surface area contributed by atoms with Gasteiger partial charge in [0.25, 0.3) is 0 Å². The summed E-state index contributed by atoms with van der Waals surface area (Å²) >= 11 is 0. The highest BCUT2D eigenvalue weighted by molar-refractivity contribution is 5.76. The molecule has 3 aromatic heterocycles. The molecule has 0 saturated heterocycles. The fourth-order valence-electron chi connectivity index (χ4n) is 2.18. The van der Waals surface area contributed by atoms with Gasteiger partial charge in [-0.3, -0.25) is 9.78 Å². The monoisotopic (exact) mass is 300 g/mol. The molecule has 0 aromatic carbocycles. The molecule has 0 saturated carbocycles. The Kier molecular flexibility index (Phi) is 3.99. The third kappa shape index (κ3) is 3.40. The zero-order chi connectivity index (χ0) is 15.4. The van der Waals surface area contributed by atoms with Gasteiger partial charge in [0, 0.05) is 38.2 Å². The van der Waals surface area contributed by atoms with Crippen LogP contribution in [0.5, 0.6) is 0 Å². The number of fused-ring (bicyclic) bond motifs is 1. The van der Waals surface area contributed by atoms with Gasteiger partial charge in [-0.25, -0.2) is 14.9 Å². The van der Waals surface area contributed by atoms with E-state index in [1.54, 1.807) is 0 Å². The Morgan fingerprint density at radius 1 is 1.32 bits per heavy atom. The minimum atomic E-state index is -0.359. The maximum absolute atomic E-state index is 11.7. The van der Waals surface area contributed by atoms with E-state index in [1.165, 1.54) is 0 Å². The molecule has 22 heavy (non-hydrogen) atoms. The maximum atomic E-state index is 11.7. The number of aryl methyl sites for hydroxylation is 1. The van der Waals surface area contributed by atoms with Crippen molar-refractivity contribution >= 4 is 11.6 Å². The Morgan fingerprint density at radius 2 is 2.23 bits per heavy atom. The summed E-state index contributed by atoms with van der Waals surface area (Å²) in [6, 6.07) is 5.82. The third-order valence-electron chi connectivity index (χ3n) is 3.26. The molecule has 0 aliphatic rings. The summed E-state index contributed by atoms with van der Waals surface area (Å²) in [7, 11) is 0. The van der Waals surface area contributed by atoms with Crippen molar-refractivity contribution in [2.75, 3.05) is 6.54 Å². The number of hydrogen-bond donors (Lipinski definition) is 3. The minimum Gasteiger partial charge on any atom is -0.356 e. The SMILES string of the molecule is O=C(CCc1n[nH]c(=O)[nH]1)NCCc1cn2ccccc2n1. The Labute approximate surface area is 125 Å². The molecule has 0 atom stereocenters. The van der Waals surface area contributed by atoms with E-state index in [9.17, 15) is 9.59 Å².